The zero-order valence-electron chi connectivity index (χ0n) is 24.1. The Morgan fingerprint density at radius 1 is 1.00 bits per heavy atom. The van der Waals surface area contributed by atoms with Crippen molar-refractivity contribution in [2.75, 3.05) is 33.7 Å². The Hall–Kier alpha value is -4.00. The van der Waals surface area contributed by atoms with E-state index in [1.54, 1.807) is 11.1 Å². The van der Waals surface area contributed by atoms with Gasteiger partial charge in [0.2, 0.25) is 0 Å². The van der Waals surface area contributed by atoms with Gasteiger partial charge in [0.15, 0.2) is 6.23 Å². The van der Waals surface area contributed by atoms with Gasteiger partial charge in [-0.05, 0) is 49.2 Å². The number of carbonyl (C=O) groups is 1. The number of amides is 1. The standard InChI is InChI=1S/C34H29N2O7P/c1-40-17-34-18-41-30(31(34)43-44(2,38)39)33(42-34)36-16-22(32(37)35-19-36)13-12-20-14-15-27-25-10-4-7-21-6-3-9-24(28(21)25)26-11-5-8-23(20)29(26)27/h3-11,14-16,30-31,33H,17-19H2,1-2H3,(H,35,37)(H,38,39). The van der Waals surface area contributed by atoms with E-state index in [9.17, 15) is 14.3 Å². The molecule has 8 rings (SSSR count). The van der Waals surface area contributed by atoms with Crippen LogP contribution < -0.4 is 5.32 Å². The largest absolute Gasteiger partial charge is 0.381 e. The van der Waals surface area contributed by atoms with Gasteiger partial charge in [-0.1, -0.05) is 72.5 Å². The van der Waals surface area contributed by atoms with Crippen molar-refractivity contribution in [2.45, 2.75) is 24.0 Å². The highest BCUT2D eigenvalue weighted by molar-refractivity contribution is 7.51. The fourth-order valence-electron chi connectivity index (χ4n) is 7.04. The van der Waals surface area contributed by atoms with E-state index in [2.05, 4.69) is 77.8 Å². The molecule has 2 bridgehead atoms. The van der Waals surface area contributed by atoms with Crippen molar-refractivity contribution >= 4 is 56.6 Å². The maximum absolute atomic E-state index is 12.9. The van der Waals surface area contributed by atoms with Gasteiger partial charge in [-0.15, -0.1) is 0 Å². The monoisotopic (exact) mass is 608 g/mol. The van der Waals surface area contributed by atoms with Crippen molar-refractivity contribution in [1.29, 1.82) is 0 Å². The summed E-state index contributed by atoms with van der Waals surface area (Å²) in [5.74, 6) is 6.06. The summed E-state index contributed by atoms with van der Waals surface area (Å²) in [4.78, 5) is 24.7. The average Bonchev–Trinajstić information content (AvgIpc) is 3.49. The van der Waals surface area contributed by atoms with Gasteiger partial charge in [-0.2, -0.15) is 0 Å². The summed E-state index contributed by atoms with van der Waals surface area (Å²) in [5.41, 5.74) is 0.0304. The predicted octanol–water partition coefficient (Wildman–Crippen LogP) is 4.70. The summed E-state index contributed by atoms with van der Waals surface area (Å²) < 4.78 is 35.4. The third kappa shape index (κ3) is 4.22. The van der Waals surface area contributed by atoms with Crippen molar-refractivity contribution < 1.29 is 33.0 Å². The Labute approximate surface area is 253 Å². The van der Waals surface area contributed by atoms with Crippen LogP contribution in [0.4, 0.5) is 0 Å². The predicted molar refractivity (Wildman–Crippen MR) is 167 cm³/mol. The van der Waals surface area contributed by atoms with Gasteiger partial charge in [0.25, 0.3) is 5.91 Å². The van der Waals surface area contributed by atoms with E-state index in [0.29, 0.717) is 0 Å². The van der Waals surface area contributed by atoms with Crippen LogP contribution in [0.3, 0.4) is 0 Å². The van der Waals surface area contributed by atoms with Crippen LogP contribution in [-0.4, -0.2) is 73.4 Å². The first-order chi connectivity index (χ1) is 21.3. The highest BCUT2D eigenvalue weighted by Gasteiger charge is 2.65. The van der Waals surface area contributed by atoms with Crippen LogP contribution in [0.1, 0.15) is 5.56 Å². The van der Waals surface area contributed by atoms with Crippen LogP contribution in [0.2, 0.25) is 0 Å². The second-order valence-electron chi connectivity index (χ2n) is 11.7. The first-order valence-corrected chi connectivity index (χ1v) is 16.4. The lowest BCUT2D eigenvalue weighted by Gasteiger charge is -2.37. The lowest BCUT2D eigenvalue weighted by Crippen LogP contribution is -2.52. The number of methoxy groups -OCH3 is 1. The number of ether oxygens (including phenoxy) is 3. The summed E-state index contributed by atoms with van der Waals surface area (Å²) in [6.45, 7) is 1.56. The molecule has 5 atom stereocenters. The van der Waals surface area contributed by atoms with Crippen LogP contribution in [-0.2, 0) is 28.1 Å². The van der Waals surface area contributed by atoms with Gasteiger partial charge in [0.1, 0.15) is 23.4 Å². The quantitative estimate of drug-likeness (QED) is 0.128. The molecule has 0 aliphatic carbocycles. The fraction of sp³-hybridized carbons (Fsp3) is 0.265. The Kier molecular flexibility index (Phi) is 6.27. The van der Waals surface area contributed by atoms with Crippen molar-refractivity contribution in [3.63, 3.8) is 0 Å². The van der Waals surface area contributed by atoms with Crippen LogP contribution in [0, 0.1) is 11.8 Å². The molecule has 5 aromatic rings. The third-order valence-corrected chi connectivity index (χ3v) is 9.44. The lowest BCUT2D eigenvalue weighted by molar-refractivity contribution is -0.202. The zero-order valence-corrected chi connectivity index (χ0v) is 25.0. The first-order valence-electron chi connectivity index (χ1n) is 14.4. The summed E-state index contributed by atoms with van der Waals surface area (Å²) in [6.07, 6.45) is -0.512. The maximum Gasteiger partial charge on any atom is 0.325 e. The number of rotatable bonds is 5. The summed E-state index contributed by atoms with van der Waals surface area (Å²) >= 11 is 0. The second kappa shape index (κ2) is 10.0. The molecule has 2 fully saturated rings. The minimum atomic E-state index is -3.85. The Bertz CT molecular complexity index is 2080. The van der Waals surface area contributed by atoms with E-state index in [1.807, 2.05) is 6.07 Å². The molecule has 0 spiro atoms. The van der Waals surface area contributed by atoms with Gasteiger partial charge in [-0.25, -0.2) is 0 Å². The van der Waals surface area contributed by atoms with E-state index in [4.69, 9.17) is 18.7 Å². The molecular weight excluding hydrogens is 579 g/mol. The smallest absolute Gasteiger partial charge is 0.325 e. The van der Waals surface area contributed by atoms with Crippen LogP contribution in [0.5, 0.6) is 0 Å². The topological polar surface area (TPSA) is 107 Å². The Morgan fingerprint density at radius 2 is 1.68 bits per heavy atom. The van der Waals surface area contributed by atoms with Crippen LogP contribution >= 0.6 is 7.60 Å². The van der Waals surface area contributed by atoms with Crippen LogP contribution in [0.15, 0.2) is 78.5 Å². The molecule has 3 aliphatic rings. The number of nitrogens with one attached hydrogen (secondary N) is 1. The van der Waals surface area contributed by atoms with Crippen LogP contribution in [0.25, 0.3) is 43.1 Å². The number of fused-ring (bicyclic) bond motifs is 4. The molecule has 2 saturated heterocycles. The summed E-state index contributed by atoms with van der Waals surface area (Å²) in [5, 5.41) is 12.2. The molecule has 2 N–H and O–H groups in total. The molecule has 3 aliphatic heterocycles. The van der Waals surface area contributed by atoms with Crippen molar-refractivity contribution in [2.24, 2.45) is 0 Å². The number of benzene rings is 5. The molecule has 3 heterocycles. The Balaban J connectivity index is 1.18. The van der Waals surface area contributed by atoms with E-state index >= 15 is 0 Å². The minimum absolute atomic E-state index is 0.116. The third-order valence-electron chi connectivity index (χ3n) is 8.82. The maximum atomic E-state index is 12.9. The summed E-state index contributed by atoms with van der Waals surface area (Å²) in [7, 11) is -2.32. The van der Waals surface area contributed by atoms with Gasteiger partial charge in [0.05, 0.1) is 19.9 Å². The molecule has 9 nitrogen and oxygen atoms in total. The molecule has 0 saturated carbocycles. The molecule has 0 radical (unpaired) electrons. The molecular formula is C34H29N2O7P. The molecule has 222 valence electrons. The highest BCUT2D eigenvalue weighted by Crippen LogP contribution is 2.50. The molecule has 5 unspecified atom stereocenters. The lowest BCUT2D eigenvalue weighted by atomic mass is 9.88. The average molecular weight is 609 g/mol. The zero-order chi connectivity index (χ0) is 30.2. The molecule has 0 aromatic heterocycles. The fourth-order valence-corrected chi connectivity index (χ4v) is 7.78. The molecule has 10 heteroatoms. The van der Waals surface area contributed by atoms with E-state index < -0.39 is 31.6 Å². The van der Waals surface area contributed by atoms with Gasteiger partial charge >= 0.3 is 7.60 Å². The summed E-state index contributed by atoms with van der Waals surface area (Å²) in [6, 6.07) is 23.2. The van der Waals surface area contributed by atoms with E-state index in [-0.39, 0.29) is 31.4 Å². The van der Waals surface area contributed by atoms with Crippen molar-refractivity contribution in [1.82, 2.24) is 10.2 Å². The van der Waals surface area contributed by atoms with Gasteiger partial charge < -0.3 is 29.3 Å². The highest BCUT2D eigenvalue weighted by atomic mass is 31.2. The van der Waals surface area contributed by atoms with Crippen molar-refractivity contribution in [3.8, 4) is 11.8 Å². The number of nitrogens with zero attached hydrogens (tertiary/aromatic N) is 1. The van der Waals surface area contributed by atoms with Gasteiger partial charge in [-0.3, -0.25) is 13.9 Å². The number of carbonyl (C=O) groups excluding carboxylic acids is 1. The van der Waals surface area contributed by atoms with E-state index in [1.165, 1.54) is 39.4 Å². The Morgan fingerprint density at radius 3 is 2.41 bits per heavy atom. The molecule has 1 amide bonds. The normalized spacial score (nSPS) is 26.2. The minimum Gasteiger partial charge on any atom is -0.381 e. The SMILES string of the molecule is COCC12COC(C(N3C=C(C#Cc4ccc5c6cccc7cccc(c8cccc4c85)c76)C(=O)NC3)O1)C2OP(C)(=O)O. The first kappa shape index (κ1) is 27.5. The number of hydrogen-bond acceptors (Lipinski definition) is 7. The molecule has 5 aromatic carbocycles. The second-order valence-corrected chi connectivity index (χ2v) is 13.5. The van der Waals surface area contributed by atoms with Crippen molar-refractivity contribution in [3.05, 3.63) is 84.1 Å². The molecule has 44 heavy (non-hydrogen) atoms. The number of hydrogen-bond donors (Lipinski definition) is 2. The van der Waals surface area contributed by atoms with E-state index in [0.717, 1.165) is 23.0 Å². The van der Waals surface area contributed by atoms with Gasteiger partial charge in [0, 0.05) is 25.5 Å².